The summed E-state index contributed by atoms with van der Waals surface area (Å²) >= 11 is 0. The molecule has 9 heteroatoms. The molecule has 0 fully saturated rings. The number of rotatable bonds is 5. The SMILES string of the molecule is CCn1cnc2c(-c3ccc(F)c(-c4cc5oc(=O)n(C(C)C)c5cc4OC)c3)cnnc21. The van der Waals surface area contributed by atoms with E-state index in [4.69, 9.17) is 9.15 Å². The van der Waals surface area contributed by atoms with E-state index in [2.05, 4.69) is 15.2 Å². The van der Waals surface area contributed by atoms with Gasteiger partial charge in [-0.15, -0.1) is 5.10 Å². The molecular weight excluding hydrogens is 425 g/mol. The summed E-state index contributed by atoms with van der Waals surface area (Å²) in [6.07, 6.45) is 3.33. The molecule has 0 aliphatic rings. The van der Waals surface area contributed by atoms with E-state index in [0.717, 1.165) is 11.1 Å². The fourth-order valence-corrected chi connectivity index (χ4v) is 4.14. The van der Waals surface area contributed by atoms with E-state index in [1.165, 1.54) is 17.7 Å². The van der Waals surface area contributed by atoms with Crippen molar-refractivity contribution in [3.63, 3.8) is 0 Å². The molecule has 168 valence electrons. The van der Waals surface area contributed by atoms with Crippen molar-refractivity contribution in [2.45, 2.75) is 33.4 Å². The van der Waals surface area contributed by atoms with Crippen LogP contribution in [0.4, 0.5) is 4.39 Å². The third-order valence-corrected chi connectivity index (χ3v) is 5.76. The van der Waals surface area contributed by atoms with Crippen LogP contribution in [0, 0.1) is 5.82 Å². The summed E-state index contributed by atoms with van der Waals surface area (Å²) in [6, 6.07) is 8.05. The molecule has 0 bridgehead atoms. The average molecular weight is 447 g/mol. The fraction of sp³-hybridized carbons (Fsp3) is 0.250. The van der Waals surface area contributed by atoms with Gasteiger partial charge in [0, 0.05) is 35.3 Å². The number of aryl methyl sites for hydroxylation is 1. The fourth-order valence-electron chi connectivity index (χ4n) is 4.14. The molecule has 0 atom stereocenters. The van der Waals surface area contributed by atoms with Gasteiger partial charge < -0.3 is 13.7 Å². The Morgan fingerprint density at radius 2 is 1.97 bits per heavy atom. The average Bonchev–Trinajstić information content (AvgIpc) is 3.37. The molecule has 0 N–H and O–H groups in total. The molecule has 0 radical (unpaired) electrons. The monoisotopic (exact) mass is 447 g/mol. The van der Waals surface area contributed by atoms with E-state index >= 15 is 4.39 Å². The Hall–Kier alpha value is -4.01. The van der Waals surface area contributed by atoms with Crippen molar-refractivity contribution in [1.29, 1.82) is 0 Å². The van der Waals surface area contributed by atoms with Crippen molar-refractivity contribution >= 4 is 22.3 Å². The van der Waals surface area contributed by atoms with Crippen molar-refractivity contribution < 1.29 is 13.5 Å². The van der Waals surface area contributed by atoms with E-state index in [-0.39, 0.29) is 6.04 Å². The van der Waals surface area contributed by atoms with Crippen LogP contribution in [0.25, 0.3) is 44.5 Å². The number of ether oxygens (including phenoxy) is 1. The maximum Gasteiger partial charge on any atom is 0.420 e. The molecule has 5 aromatic rings. The molecule has 5 rings (SSSR count). The lowest BCUT2D eigenvalue weighted by Gasteiger charge is -2.13. The molecule has 33 heavy (non-hydrogen) atoms. The number of hydrogen-bond donors (Lipinski definition) is 0. The molecule has 2 aromatic carbocycles. The molecule has 3 aromatic heterocycles. The number of methoxy groups -OCH3 is 1. The first-order chi connectivity index (χ1) is 15.9. The van der Waals surface area contributed by atoms with Crippen LogP contribution in [0.15, 0.2) is 52.1 Å². The van der Waals surface area contributed by atoms with E-state index in [0.29, 0.717) is 45.7 Å². The Morgan fingerprint density at radius 1 is 1.15 bits per heavy atom. The van der Waals surface area contributed by atoms with Gasteiger partial charge in [-0.3, -0.25) is 4.57 Å². The number of halogens is 1. The van der Waals surface area contributed by atoms with Crippen molar-refractivity contribution in [3.05, 3.63) is 59.2 Å². The van der Waals surface area contributed by atoms with Crippen LogP contribution in [0.3, 0.4) is 0 Å². The van der Waals surface area contributed by atoms with Gasteiger partial charge in [0.25, 0.3) is 0 Å². The van der Waals surface area contributed by atoms with Crippen LogP contribution in [0.1, 0.15) is 26.8 Å². The molecule has 0 unspecified atom stereocenters. The number of oxazole rings is 1. The second-order valence-electron chi connectivity index (χ2n) is 8.01. The Morgan fingerprint density at radius 3 is 2.70 bits per heavy atom. The topological polar surface area (TPSA) is 88.0 Å². The number of aromatic nitrogens is 5. The minimum atomic E-state index is -0.467. The summed E-state index contributed by atoms with van der Waals surface area (Å²) in [4.78, 5) is 16.8. The van der Waals surface area contributed by atoms with Crippen LogP contribution in [0.5, 0.6) is 5.75 Å². The molecule has 0 saturated heterocycles. The maximum atomic E-state index is 15.1. The second kappa shape index (κ2) is 7.84. The summed E-state index contributed by atoms with van der Waals surface area (Å²) in [5.41, 5.74) is 4.57. The zero-order chi connectivity index (χ0) is 23.3. The van der Waals surface area contributed by atoms with E-state index in [1.54, 1.807) is 36.8 Å². The number of nitrogens with zero attached hydrogens (tertiary/aromatic N) is 5. The first-order valence-electron chi connectivity index (χ1n) is 10.6. The third-order valence-electron chi connectivity index (χ3n) is 5.76. The van der Waals surface area contributed by atoms with Crippen LogP contribution < -0.4 is 10.5 Å². The molecule has 3 heterocycles. The Bertz CT molecular complexity index is 1560. The summed E-state index contributed by atoms with van der Waals surface area (Å²) in [7, 11) is 1.51. The van der Waals surface area contributed by atoms with Crippen LogP contribution in [-0.2, 0) is 6.54 Å². The van der Waals surface area contributed by atoms with Crippen molar-refractivity contribution in [3.8, 4) is 28.0 Å². The maximum absolute atomic E-state index is 15.1. The third kappa shape index (κ3) is 3.27. The van der Waals surface area contributed by atoms with Crippen molar-refractivity contribution in [1.82, 2.24) is 24.3 Å². The molecule has 8 nitrogen and oxygen atoms in total. The summed E-state index contributed by atoms with van der Waals surface area (Å²) in [5, 5.41) is 8.31. The highest BCUT2D eigenvalue weighted by Gasteiger charge is 2.20. The number of benzene rings is 2. The normalized spacial score (nSPS) is 11.7. The van der Waals surface area contributed by atoms with Gasteiger partial charge in [0.05, 0.1) is 25.2 Å². The predicted molar refractivity (Wildman–Crippen MR) is 123 cm³/mol. The minimum absolute atomic E-state index is 0.0982. The van der Waals surface area contributed by atoms with Crippen molar-refractivity contribution in [2.75, 3.05) is 7.11 Å². The van der Waals surface area contributed by atoms with Crippen molar-refractivity contribution in [2.24, 2.45) is 0 Å². The van der Waals surface area contributed by atoms with Crippen LogP contribution >= 0.6 is 0 Å². The number of fused-ring (bicyclic) bond motifs is 2. The minimum Gasteiger partial charge on any atom is -0.496 e. The van der Waals surface area contributed by atoms with Crippen LogP contribution in [0.2, 0.25) is 0 Å². The zero-order valence-corrected chi connectivity index (χ0v) is 18.7. The van der Waals surface area contributed by atoms with Gasteiger partial charge in [-0.25, -0.2) is 14.2 Å². The highest BCUT2D eigenvalue weighted by atomic mass is 19.1. The lowest BCUT2D eigenvalue weighted by Crippen LogP contribution is -2.15. The van der Waals surface area contributed by atoms with E-state index in [1.807, 2.05) is 25.3 Å². The number of hydrogen-bond acceptors (Lipinski definition) is 6. The van der Waals surface area contributed by atoms with E-state index < -0.39 is 11.6 Å². The van der Waals surface area contributed by atoms with Gasteiger partial charge in [-0.2, -0.15) is 5.10 Å². The Kier molecular flexibility index (Phi) is 4.96. The standard InChI is InChI=1S/C24H22FN5O3/c1-5-29-12-26-22-17(11-27-28-23(22)29)14-6-7-18(25)15(8-14)16-9-21-19(10-20(16)32-4)30(13(2)3)24(31)33-21/h6-13H,5H2,1-4H3. The number of imidazole rings is 1. The zero-order valence-electron chi connectivity index (χ0n) is 18.7. The first kappa shape index (κ1) is 20.9. The largest absolute Gasteiger partial charge is 0.496 e. The first-order valence-corrected chi connectivity index (χ1v) is 10.6. The molecule has 0 spiro atoms. The Labute approximate surface area is 188 Å². The molecule has 0 aliphatic heterocycles. The predicted octanol–water partition coefficient (Wildman–Crippen LogP) is 4.82. The van der Waals surface area contributed by atoms with Gasteiger partial charge >= 0.3 is 5.76 Å². The van der Waals surface area contributed by atoms with E-state index in [9.17, 15) is 4.79 Å². The van der Waals surface area contributed by atoms with Gasteiger partial charge in [-0.1, -0.05) is 6.07 Å². The highest BCUT2D eigenvalue weighted by Crippen LogP contribution is 2.38. The van der Waals surface area contributed by atoms with Gasteiger partial charge in [0.15, 0.2) is 11.2 Å². The lowest BCUT2D eigenvalue weighted by atomic mass is 9.98. The lowest BCUT2D eigenvalue weighted by molar-refractivity contribution is 0.416. The summed E-state index contributed by atoms with van der Waals surface area (Å²) in [6.45, 7) is 6.49. The summed E-state index contributed by atoms with van der Waals surface area (Å²) < 4.78 is 29.5. The summed E-state index contributed by atoms with van der Waals surface area (Å²) in [5.74, 6) is -0.466. The highest BCUT2D eigenvalue weighted by molar-refractivity contribution is 5.92. The smallest absolute Gasteiger partial charge is 0.420 e. The molecule has 0 aliphatic carbocycles. The molecule has 0 saturated carbocycles. The van der Waals surface area contributed by atoms with Crippen LogP contribution in [-0.4, -0.2) is 31.4 Å². The van der Waals surface area contributed by atoms with Gasteiger partial charge in [0.1, 0.15) is 17.1 Å². The molecular formula is C24H22FN5O3. The quantitative estimate of drug-likeness (QED) is 0.384. The van der Waals surface area contributed by atoms with Gasteiger partial charge in [-0.05, 0) is 44.5 Å². The second-order valence-corrected chi connectivity index (χ2v) is 8.01. The van der Waals surface area contributed by atoms with Gasteiger partial charge in [0.2, 0.25) is 0 Å². The molecule has 0 amide bonds. The Balaban J connectivity index is 1.72.